The average molecular weight is 440 g/mol. The van der Waals surface area contributed by atoms with Crippen LogP contribution in [0.15, 0.2) is 35.6 Å². The van der Waals surface area contributed by atoms with Crippen molar-refractivity contribution in [3.8, 4) is 11.1 Å². The Bertz CT molecular complexity index is 1120. The number of pyridine rings is 1. The number of halogens is 1. The van der Waals surface area contributed by atoms with E-state index in [-0.39, 0.29) is 31.2 Å². The van der Waals surface area contributed by atoms with Crippen LogP contribution in [0.3, 0.4) is 0 Å². The molecule has 2 N–H and O–H groups in total. The van der Waals surface area contributed by atoms with Gasteiger partial charge in [-0.2, -0.15) is 0 Å². The summed E-state index contributed by atoms with van der Waals surface area (Å²) in [5, 5.41) is 15.8. The second-order valence-corrected chi connectivity index (χ2v) is 8.05. The zero-order valence-corrected chi connectivity index (χ0v) is 17.2. The van der Waals surface area contributed by atoms with Gasteiger partial charge in [-0.15, -0.1) is 0 Å². The maximum atomic E-state index is 15.0. The number of anilines is 1. The molecule has 0 saturated carbocycles. The molecule has 1 aromatic heterocycles. The molecule has 0 aliphatic carbocycles. The molecule has 0 bridgehead atoms. The van der Waals surface area contributed by atoms with Crippen LogP contribution in [0.25, 0.3) is 11.1 Å². The molecule has 1 aromatic carbocycles. The quantitative estimate of drug-likeness (QED) is 0.733. The van der Waals surface area contributed by atoms with Crippen LogP contribution in [0.1, 0.15) is 24.6 Å². The third-order valence-corrected chi connectivity index (χ3v) is 5.93. The SMILES string of the molecule is CC(=O)NC[C@@H]1OC(=O)N2c3cc(F)c(-c4ccc(C5=NO[C@H](CO)C5)nc4)cc3C[C@@H]12. The van der Waals surface area contributed by atoms with E-state index >= 15 is 4.39 Å². The van der Waals surface area contributed by atoms with E-state index in [1.165, 1.54) is 17.9 Å². The van der Waals surface area contributed by atoms with Crippen LogP contribution in [0.4, 0.5) is 14.9 Å². The van der Waals surface area contributed by atoms with Gasteiger partial charge < -0.3 is 20.0 Å². The highest BCUT2D eigenvalue weighted by molar-refractivity contribution is 6.00. The van der Waals surface area contributed by atoms with Crippen LogP contribution in [0, 0.1) is 5.82 Å². The minimum atomic E-state index is -0.539. The van der Waals surface area contributed by atoms with E-state index in [9.17, 15) is 9.59 Å². The zero-order chi connectivity index (χ0) is 22.4. The molecule has 3 aliphatic heterocycles. The van der Waals surface area contributed by atoms with Crippen molar-refractivity contribution >= 4 is 23.4 Å². The lowest BCUT2D eigenvalue weighted by Gasteiger charge is -2.16. The third-order valence-electron chi connectivity index (χ3n) is 5.93. The number of nitrogens with one attached hydrogen (secondary N) is 1. The number of rotatable bonds is 5. The van der Waals surface area contributed by atoms with Gasteiger partial charge in [0.15, 0.2) is 6.10 Å². The molecule has 0 unspecified atom stereocenters. The second kappa shape index (κ2) is 7.86. The standard InChI is InChI=1S/C22H21FN4O5/c1-11(29)24-9-21-20-5-13-4-15(16(23)7-19(13)27(20)22(30)31-21)12-2-3-17(25-8-12)18-6-14(10-28)32-26-18/h2-4,7-8,14,20-21,28H,5-6,9-10H2,1H3,(H,24,29)/t14-,20-,21-/m0/s1. The smallest absolute Gasteiger partial charge is 0.415 e. The van der Waals surface area contributed by atoms with Gasteiger partial charge in [0.25, 0.3) is 0 Å². The second-order valence-electron chi connectivity index (χ2n) is 8.05. The molecule has 0 radical (unpaired) electrons. The average Bonchev–Trinajstić information content (AvgIpc) is 3.47. The van der Waals surface area contributed by atoms with E-state index in [0.29, 0.717) is 41.1 Å². The van der Waals surface area contributed by atoms with Crippen molar-refractivity contribution in [1.82, 2.24) is 10.3 Å². The lowest BCUT2D eigenvalue weighted by Crippen LogP contribution is -2.40. The number of cyclic esters (lactones) is 1. The number of oxime groups is 1. The Labute approximate surface area is 182 Å². The first kappa shape index (κ1) is 20.4. The van der Waals surface area contributed by atoms with Crippen LogP contribution in [0.5, 0.6) is 0 Å². The summed E-state index contributed by atoms with van der Waals surface area (Å²) in [5.74, 6) is -0.680. The van der Waals surface area contributed by atoms with Crippen LogP contribution in [-0.4, -0.2) is 59.2 Å². The van der Waals surface area contributed by atoms with E-state index in [1.807, 2.05) is 0 Å². The number of hydrogen-bond donors (Lipinski definition) is 2. The summed E-state index contributed by atoms with van der Waals surface area (Å²) in [5.41, 5.74) is 3.54. The highest BCUT2D eigenvalue weighted by atomic mass is 19.1. The first-order valence-electron chi connectivity index (χ1n) is 10.3. The van der Waals surface area contributed by atoms with Crippen LogP contribution in [0.2, 0.25) is 0 Å². The molecular formula is C22H21FN4O5. The van der Waals surface area contributed by atoms with Crippen molar-refractivity contribution in [3.63, 3.8) is 0 Å². The van der Waals surface area contributed by atoms with Crippen LogP contribution < -0.4 is 10.2 Å². The predicted molar refractivity (Wildman–Crippen MR) is 112 cm³/mol. The summed E-state index contributed by atoms with van der Waals surface area (Å²) in [4.78, 5) is 34.6. The summed E-state index contributed by atoms with van der Waals surface area (Å²) >= 11 is 0. The predicted octanol–water partition coefficient (Wildman–Crippen LogP) is 1.76. The topological polar surface area (TPSA) is 113 Å². The number of aromatic nitrogens is 1. The number of nitrogens with zero attached hydrogens (tertiary/aromatic N) is 3. The third kappa shape index (κ3) is 3.46. The molecule has 10 heteroatoms. The molecule has 32 heavy (non-hydrogen) atoms. The van der Waals surface area contributed by atoms with E-state index < -0.39 is 18.0 Å². The van der Waals surface area contributed by atoms with Crippen LogP contribution in [-0.2, 0) is 20.8 Å². The maximum absolute atomic E-state index is 15.0. The number of aliphatic hydroxyl groups excluding tert-OH is 1. The van der Waals surface area contributed by atoms with Gasteiger partial charge in [0.1, 0.15) is 17.6 Å². The van der Waals surface area contributed by atoms with Crippen molar-refractivity contribution < 1.29 is 28.7 Å². The first-order chi connectivity index (χ1) is 15.4. The Morgan fingerprint density at radius 3 is 2.88 bits per heavy atom. The molecule has 166 valence electrons. The lowest BCUT2D eigenvalue weighted by molar-refractivity contribution is -0.119. The Balaban J connectivity index is 1.39. The zero-order valence-electron chi connectivity index (χ0n) is 17.2. The van der Waals surface area contributed by atoms with E-state index in [2.05, 4.69) is 15.5 Å². The summed E-state index contributed by atoms with van der Waals surface area (Å²) in [7, 11) is 0. The molecule has 3 aliphatic rings. The summed E-state index contributed by atoms with van der Waals surface area (Å²) in [6.45, 7) is 1.49. The molecule has 3 atom stereocenters. The number of carbonyl (C=O) groups is 2. The molecule has 2 amide bonds. The molecular weight excluding hydrogens is 419 g/mol. The van der Waals surface area contributed by atoms with E-state index in [4.69, 9.17) is 14.7 Å². The van der Waals surface area contributed by atoms with Gasteiger partial charge in [-0.3, -0.25) is 14.7 Å². The molecule has 9 nitrogen and oxygen atoms in total. The van der Waals surface area contributed by atoms with Crippen LogP contribution >= 0.6 is 0 Å². The monoisotopic (exact) mass is 440 g/mol. The number of hydrogen-bond acceptors (Lipinski definition) is 7. The molecule has 4 heterocycles. The Morgan fingerprint density at radius 2 is 2.19 bits per heavy atom. The number of carbonyl (C=O) groups excluding carboxylic acids is 2. The van der Waals surface area contributed by atoms with Gasteiger partial charge in [0, 0.05) is 30.7 Å². The van der Waals surface area contributed by atoms with E-state index in [1.54, 1.807) is 24.4 Å². The van der Waals surface area contributed by atoms with Gasteiger partial charge in [-0.25, -0.2) is 9.18 Å². The van der Waals surface area contributed by atoms with Gasteiger partial charge in [-0.05, 0) is 30.2 Å². The largest absolute Gasteiger partial charge is 0.442 e. The minimum absolute atomic E-state index is 0.122. The highest BCUT2D eigenvalue weighted by Crippen LogP contribution is 2.41. The summed E-state index contributed by atoms with van der Waals surface area (Å²) < 4.78 is 20.4. The Kier molecular flexibility index (Phi) is 5.01. The Hall–Kier alpha value is -3.53. The number of aliphatic hydroxyl groups is 1. The van der Waals surface area contributed by atoms with Gasteiger partial charge in [0.2, 0.25) is 5.91 Å². The van der Waals surface area contributed by atoms with Gasteiger partial charge in [0.05, 0.1) is 30.6 Å². The molecule has 5 rings (SSSR count). The fraction of sp³-hybridized carbons (Fsp3) is 0.364. The Morgan fingerprint density at radius 1 is 1.34 bits per heavy atom. The van der Waals surface area contributed by atoms with Gasteiger partial charge >= 0.3 is 6.09 Å². The minimum Gasteiger partial charge on any atom is -0.442 e. The fourth-order valence-electron chi connectivity index (χ4n) is 4.33. The maximum Gasteiger partial charge on any atom is 0.415 e. The van der Waals surface area contributed by atoms with Crippen molar-refractivity contribution in [2.24, 2.45) is 5.16 Å². The normalized spacial score (nSPS) is 23.3. The number of ether oxygens (including phenoxy) is 1. The summed E-state index contributed by atoms with van der Waals surface area (Å²) in [6, 6.07) is 6.29. The van der Waals surface area contributed by atoms with Crippen molar-refractivity contribution in [2.45, 2.75) is 38.0 Å². The lowest BCUT2D eigenvalue weighted by atomic mass is 9.99. The molecule has 1 fully saturated rings. The fourth-order valence-corrected chi connectivity index (χ4v) is 4.33. The highest BCUT2D eigenvalue weighted by Gasteiger charge is 2.47. The molecule has 1 saturated heterocycles. The van der Waals surface area contributed by atoms with Crippen molar-refractivity contribution in [1.29, 1.82) is 0 Å². The van der Waals surface area contributed by atoms with E-state index in [0.717, 1.165) is 5.56 Å². The van der Waals surface area contributed by atoms with Crippen molar-refractivity contribution in [2.75, 3.05) is 18.1 Å². The van der Waals surface area contributed by atoms with Crippen molar-refractivity contribution in [3.05, 3.63) is 47.5 Å². The van der Waals surface area contributed by atoms with Gasteiger partial charge in [-0.1, -0.05) is 11.2 Å². The summed E-state index contributed by atoms with van der Waals surface area (Å²) in [6.07, 6.45) is 1.13. The number of amides is 2. The molecule has 0 spiro atoms. The number of benzene rings is 1. The molecule has 2 aromatic rings. The number of fused-ring (bicyclic) bond motifs is 3. The first-order valence-corrected chi connectivity index (χ1v) is 10.3.